The van der Waals surface area contributed by atoms with Gasteiger partial charge in [0.15, 0.2) is 0 Å². The van der Waals surface area contributed by atoms with E-state index in [9.17, 15) is 0 Å². The lowest BCUT2D eigenvalue weighted by atomic mass is 10.2. The maximum absolute atomic E-state index is 5.86. The number of piperazine rings is 1. The molecule has 1 aliphatic heterocycles. The molecule has 0 aromatic carbocycles. The first-order valence-electron chi connectivity index (χ1n) is 6.17. The van der Waals surface area contributed by atoms with Crippen molar-refractivity contribution < 1.29 is 0 Å². The van der Waals surface area contributed by atoms with Gasteiger partial charge < -0.3 is 4.90 Å². The second kappa shape index (κ2) is 5.65. The van der Waals surface area contributed by atoms with Crippen LogP contribution in [-0.2, 0) is 0 Å². The van der Waals surface area contributed by atoms with Gasteiger partial charge >= 0.3 is 0 Å². The van der Waals surface area contributed by atoms with E-state index in [1.807, 2.05) is 6.92 Å². The quantitative estimate of drug-likeness (QED) is 0.772. The van der Waals surface area contributed by atoms with Crippen LogP contribution < -0.4 is 4.90 Å². The molecule has 2 heterocycles. The molecule has 0 aliphatic carbocycles. The number of aryl methyl sites for hydroxylation is 1. The maximum atomic E-state index is 5.86. The van der Waals surface area contributed by atoms with Crippen molar-refractivity contribution in [2.75, 3.05) is 37.6 Å². The normalized spacial score (nSPS) is 17.5. The Balaban J connectivity index is 2.02. The molecule has 1 saturated heterocycles. The van der Waals surface area contributed by atoms with Crippen LogP contribution in [0.5, 0.6) is 0 Å². The van der Waals surface area contributed by atoms with E-state index in [0.29, 0.717) is 5.28 Å². The first-order valence-corrected chi connectivity index (χ1v) is 6.55. The Morgan fingerprint density at radius 3 is 2.65 bits per heavy atom. The topological polar surface area (TPSA) is 32.3 Å². The number of hydrogen-bond acceptors (Lipinski definition) is 4. The Morgan fingerprint density at radius 2 is 2.00 bits per heavy atom. The van der Waals surface area contributed by atoms with Crippen molar-refractivity contribution in [3.8, 4) is 0 Å². The van der Waals surface area contributed by atoms with E-state index in [1.54, 1.807) is 6.20 Å². The van der Waals surface area contributed by atoms with Crippen LogP contribution in [0, 0.1) is 6.92 Å². The van der Waals surface area contributed by atoms with Gasteiger partial charge in [0, 0.05) is 37.9 Å². The molecule has 0 saturated carbocycles. The average molecular weight is 255 g/mol. The van der Waals surface area contributed by atoms with Crippen LogP contribution in [0.2, 0.25) is 5.28 Å². The van der Waals surface area contributed by atoms with Crippen molar-refractivity contribution in [3.63, 3.8) is 0 Å². The fourth-order valence-corrected chi connectivity index (χ4v) is 2.36. The van der Waals surface area contributed by atoms with E-state index in [2.05, 4.69) is 26.7 Å². The smallest absolute Gasteiger partial charge is 0.224 e. The third-order valence-corrected chi connectivity index (χ3v) is 3.31. The van der Waals surface area contributed by atoms with Crippen molar-refractivity contribution >= 4 is 17.4 Å². The van der Waals surface area contributed by atoms with Gasteiger partial charge in [-0.25, -0.2) is 9.97 Å². The molecular weight excluding hydrogens is 236 g/mol. The number of nitrogens with zero attached hydrogens (tertiary/aromatic N) is 4. The Bertz CT molecular complexity index is 375. The van der Waals surface area contributed by atoms with E-state index in [1.165, 1.54) is 13.0 Å². The molecule has 94 valence electrons. The first-order chi connectivity index (χ1) is 8.20. The van der Waals surface area contributed by atoms with Crippen LogP contribution in [0.1, 0.15) is 18.9 Å². The fourth-order valence-electron chi connectivity index (χ4n) is 2.23. The predicted octanol–water partition coefficient (Wildman–Crippen LogP) is 1.97. The van der Waals surface area contributed by atoms with Crippen molar-refractivity contribution in [2.45, 2.75) is 20.3 Å². The Morgan fingerprint density at radius 1 is 1.29 bits per heavy atom. The molecule has 0 spiro atoms. The highest BCUT2D eigenvalue weighted by atomic mass is 35.5. The summed E-state index contributed by atoms with van der Waals surface area (Å²) in [6.45, 7) is 9.70. The number of halogens is 1. The SMILES string of the molecule is CCCN1CCN(c2nc(Cl)ncc2C)CC1. The Labute approximate surface area is 108 Å². The molecule has 0 atom stereocenters. The predicted molar refractivity (Wildman–Crippen MR) is 70.7 cm³/mol. The van der Waals surface area contributed by atoms with Crippen LogP contribution in [0.15, 0.2) is 6.20 Å². The van der Waals surface area contributed by atoms with E-state index in [-0.39, 0.29) is 0 Å². The van der Waals surface area contributed by atoms with E-state index >= 15 is 0 Å². The third-order valence-electron chi connectivity index (χ3n) is 3.13. The lowest BCUT2D eigenvalue weighted by Crippen LogP contribution is -2.47. The zero-order valence-electron chi connectivity index (χ0n) is 10.5. The molecule has 5 heteroatoms. The molecule has 0 unspecified atom stereocenters. The minimum atomic E-state index is 0.335. The molecule has 1 fully saturated rings. The van der Waals surface area contributed by atoms with Gasteiger partial charge in [0.1, 0.15) is 5.82 Å². The summed E-state index contributed by atoms with van der Waals surface area (Å²) in [7, 11) is 0. The molecule has 1 aliphatic rings. The van der Waals surface area contributed by atoms with Crippen LogP contribution in [-0.4, -0.2) is 47.6 Å². The van der Waals surface area contributed by atoms with Gasteiger partial charge in [0.05, 0.1) is 0 Å². The summed E-state index contributed by atoms with van der Waals surface area (Å²) in [6.07, 6.45) is 3.02. The van der Waals surface area contributed by atoms with Crippen molar-refractivity contribution in [1.29, 1.82) is 0 Å². The van der Waals surface area contributed by atoms with Crippen LogP contribution in [0.25, 0.3) is 0 Å². The zero-order valence-corrected chi connectivity index (χ0v) is 11.2. The molecule has 1 aromatic heterocycles. The molecule has 4 nitrogen and oxygen atoms in total. The van der Waals surface area contributed by atoms with E-state index < -0.39 is 0 Å². The number of anilines is 1. The van der Waals surface area contributed by atoms with Gasteiger partial charge in [-0.15, -0.1) is 0 Å². The molecule has 1 aromatic rings. The third kappa shape index (κ3) is 3.07. The van der Waals surface area contributed by atoms with E-state index in [4.69, 9.17) is 11.6 Å². The van der Waals surface area contributed by atoms with E-state index in [0.717, 1.165) is 37.6 Å². The molecule has 2 rings (SSSR count). The summed E-state index contributed by atoms with van der Waals surface area (Å²) in [5.41, 5.74) is 1.10. The summed E-state index contributed by atoms with van der Waals surface area (Å²) < 4.78 is 0. The molecule has 0 bridgehead atoms. The van der Waals surface area contributed by atoms with Crippen molar-refractivity contribution in [1.82, 2.24) is 14.9 Å². The second-order valence-corrected chi connectivity index (χ2v) is 4.81. The van der Waals surface area contributed by atoms with Crippen molar-refractivity contribution in [2.24, 2.45) is 0 Å². The second-order valence-electron chi connectivity index (χ2n) is 4.47. The van der Waals surface area contributed by atoms with Gasteiger partial charge in [-0.2, -0.15) is 0 Å². The molecule has 0 amide bonds. The Kier molecular flexibility index (Phi) is 4.18. The minimum Gasteiger partial charge on any atom is -0.354 e. The Hall–Kier alpha value is -0.870. The summed E-state index contributed by atoms with van der Waals surface area (Å²) in [5.74, 6) is 0.987. The highest BCUT2D eigenvalue weighted by Crippen LogP contribution is 2.19. The van der Waals surface area contributed by atoms with Gasteiger partial charge in [-0.3, -0.25) is 4.90 Å². The van der Waals surface area contributed by atoms with Gasteiger partial charge in [0.25, 0.3) is 0 Å². The van der Waals surface area contributed by atoms with Crippen LogP contribution in [0.4, 0.5) is 5.82 Å². The lowest BCUT2D eigenvalue weighted by Gasteiger charge is -2.35. The zero-order chi connectivity index (χ0) is 12.3. The van der Waals surface area contributed by atoms with Gasteiger partial charge in [-0.1, -0.05) is 6.92 Å². The minimum absolute atomic E-state index is 0.335. The van der Waals surface area contributed by atoms with Gasteiger partial charge in [-0.05, 0) is 31.5 Å². The fraction of sp³-hybridized carbons (Fsp3) is 0.667. The summed E-state index contributed by atoms with van der Waals surface area (Å²) >= 11 is 5.86. The standard InChI is InChI=1S/C12H19ClN4/c1-3-4-16-5-7-17(8-6-16)11-10(2)9-14-12(13)15-11/h9H,3-8H2,1-2H3. The summed E-state index contributed by atoms with van der Waals surface area (Å²) in [5, 5.41) is 0.335. The lowest BCUT2D eigenvalue weighted by molar-refractivity contribution is 0.258. The number of hydrogen-bond donors (Lipinski definition) is 0. The molecule has 0 radical (unpaired) electrons. The average Bonchev–Trinajstić information content (AvgIpc) is 2.34. The largest absolute Gasteiger partial charge is 0.354 e. The highest BCUT2D eigenvalue weighted by Gasteiger charge is 2.19. The summed E-state index contributed by atoms with van der Waals surface area (Å²) in [6, 6.07) is 0. The van der Waals surface area contributed by atoms with Crippen molar-refractivity contribution in [3.05, 3.63) is 17.0 Å². The highest BCUT2D eigenvalue weighted by molar-refractivity contribution is 6.28. The van der Waals surface area contributed by atoms with Crippen LogP contribution in [0.3, 0.4) is 0 Å². The van der Waals surface area contributed by atoms with Gasteiger partial charge in [0.2, 0.25) is 5.28 Å². The number of aromatic nitrogens is 2. The van der Waals surface area contributed by atoms with Crippen LogP contribution >= 0.6 is 11.6 Å². The number of rotatable bonds is 3. The molecular formula is C12H19ClN4. The molecule has 17 heavy (non-hydrogen) atoms. The maximum Gasteiger partial charge on any atom is 0.224 e. The first kappa shape index (κ1) is 12.6. The summed E-state index contributed by atoms with van der Waals surface area (Å²) in [4.78, 5) is 13.1. The molecule has 0 N–H and O–H groups in total. The monoisotopic (exact) mass is 254 g/mol.